The molecule has 5 N–H and O–H groups in total. The van der Waals surface area contributed by atoms with Gasteiger partial charge >= 0.3 is 11.9 Å². The number of thiazole rings is 1. The number of carbonyl (C=O) groups excluding carboxylic acids is 4. The molecule has 2 heterocycles. The van der Waals surface area contributed by atoms with Crippen molar-refractivity contribution >= 4 is 52.8 Å². The van der Waals surface area contributed by atoms with Gasteiger partial charge in [0.2, 0.25) is 11.8 Å². The molecular weight excluding hydrogens is 759 g/mol. The number of nitrogens with one attached hydrogen (secondary N) is 2. The third-order valence-corrected chi connectivity index (χ3v) is 12.2. The van der Waals surface area contributed by atoms with Crippen LogP contribution in [0, 0.1) is 17.8 Å². The zero-order valence-electron chi connectivity index (χ0n) is 33.7. The number of nitrogens with zero attached hydrogens (tertiary/aromatic N) is 3. The molecule has 1 aromatic carbocycles. The molecule has 1 saturated heterocycles. The SMILES string of the molecule is CCC(C)[C@H](NC(=O)[C@H]1CCCCN1C)C(=O)N(CSCCO)[C@H](C[C@@H](OC(C)=O)c1nc(C(=O)N[C@@H](Cc2ccc(O)cc2)C[C@H](C)C(=O)O)cs1)C(C)C. The number of likely N-dealkylation sites (N-methyl/N-ethyl adjacent to an activating group) is 1. The highest BCUT2D eigenvalue weighted by atomic mass is 32.2. The predicted octanol–water partition coefficient (Wildman–Crippen LogP) is 4.85. The number of carboxylic acid groups (broad SMARTS) is 1. The molecule has 16 heteroatoms. The Hall–Kier alpha value is -3.73. The van der Waals surface area contributed by atoms with Crippen molar-refractivity contribution in [2.45, 2.75) is 117 Å². The Morgan fingerprint density at radius 3 is 2.36 bits per heavy atom. The lowest BCUT2D eigenvalue weighted by molar-refractivity contribution is -0.149. The van der Waals surface area contributed by atoms with Crippen molar-refractivity contribution in [3.8, 4) is 5.75 Å². The molecule has 0 spiro atoms. The van der Waals surface area contributed by atoms with Crippen molar-refractivity contribution in [1.29, 1.82) is 0 Å². The second-order valence-corrected chi connectivity index (χ2v) is 17.1. The van der Waals surface area contributed by atoms with Gasteiger partial charge in [0, 0.05) is 36.6 Å². The Bertz CT molecular complexity index is 1590. The summed E-state index contributed by atoms with van der Waals surface area (Å²) in [4.78, 5) is 74.5. The number of aromatic hydroxyl groups is 1. The van der Waals surface area contributed by atoms with Crippen molar-refractivity contribution in [3.05, 3.63) is 45.9 Å². The van der Waals surface area contributed by atoms with E-state index in [9.17, 15) is 39.3 Å². The number of ether oxygens (including phenoxy) is 1. The molecule has 1 unspecified atom stereocenters. The van der Waals surface area contributed by atoms with Crippen LogP contribution in [0.15, 0.2) is 29.6 Å². The second-order valence-electron chi connectivity index (χ2n) is 15.2. The van der Waals surface area contributed by atoms with Gasteiger partial charge in [-0.1, -0.05) is 59.6 Å². The van der Waals surface area contributed by atoms with E-state index in [1.807, 2.05) is 39.6 Å². The van der Waals surface area contributed by atoms with Crippen molar-refractivity contribution in [2.75, 3.05) is 31.8 Å². The summed E-state index contributed by atoms with van der Waals surface area (Å²) >= 11 is 2.53. The molecule has 1 aliphatic heterocycles. The topological polar surface area (TPSA) is 199 Å². The fourth-order valence-electron chi connectivity index (χ4n) is 6.88. The highest BCUT2D eigenvalue weighted by Gasteiger charge is 2.39. The first-order valence-corrected chi connectivity index (χ1v) is 21.5. The molecule has 0 bridgehead atoms. The van der Waals surface area contributed by atoms with E-state index in [0.717, 1.165) is 36.3 Å². The zero-order chi connectivity index (χ0) is 41.5. The van der Waals surface area contributed by atoms with Gasteiger partial charge in [-0.3, -0.25) is 28.9 Å². The fourth-order valence-corrected chi connectivity index (χ4v) is 8.50. The number of aliphatic carboxylic acids is 1. The number of carboxylic acids is 1. The molecule has 2 aromatic rings. The molecule has 3 rings (SSSR count). The summed E-state index contributed by atoms with van der Waals surface area (Å²) in [5, 5.41) is 36.8. The largest absolute Gasteiger partial charge is 0.508 e. The maximum Gasteiger partial charge on any atom is 0.306 e. The van der Waals surface area contributed by atoms with Crippen LogP contribution in [0.2, 0.25) is 0 Å². The van der Waals surface area contributed by atoms with E-state index < -0.39 is 48.0 Å². The molecule has 14 nitrogen and oxygen atoms in total. The van der Waals surface area contributed by atoms with Gasteiger partial charge in [0.1, 0.15) is 22.5 Å². The molecule has 3 amide bonds. The van der Waals surface area contributed by atoms with Crippen LogP contribution < -0.4 is 10.6 Å². The summed E-state index contributed by atoms with van der Waals surface area (Å²) in [6, 6.07) is 4.28. The highest BCUT2D eigenvalue weighted by Crippen LogP contribution is 2.32. The molecule has 312 valence electrons. The summed E-state index contributed by atoms with van der Waals surface area (Å²) in [5.74, 6) is -2.87. The van der Waals surface area contributed by atoms with Gasteiger partial charge in [0.15, 0.2) is 6.10 Å². The number of rotatable bonds is 22. The Morgan fingerprint density at radius 2 is 1.77 bits per heavy atom. The van der Waals surface area contributed by atoms with Crippen LogP contribution in [0.3, 0.4) is 0 Å². The predicted molar refractivity (Wildman–Crippen MR) is 217 cm³/mol. The molecule has 0 radical (unpaired) electrons. The number of likely N-dealkylation sites (tertiary alicyclic amines) is 1. The van der Waals surface area contributed by atoms with E-state index in [0.29, 0.717) is 30.0 Å². The summed E-state index contributed by atoms with van der Waals surface area (Å²) in [6.45, 7) is 11.4. The van der Waals surface area contributed by atoms with Gasteiger partial charge in [-0.2, -0.15) is 0 Å². The van der Waals surface area contributed by atoms with Crippen LogP contribution in [0.1, 0.15) is 107 Å². The highest BCUT2D eigenvalue weighted by molar-refractivity contribution is 7.99. The smallest absolute Gasteiger partial charge is 0.306 e. The number of aliphatic hydroxyl groups is 1. The first-order valence-electron chi connectivity index (χ1n) is 19.5. The number of thioether (sulfide) groups is 1. The van der Waals surface area contributed by atoms with Crippen LogP contribution in [-0.4, -0.2) is 116 Å². The van der Waals surface area contributed by atoms with Crippen LogP contribution in [0.4, 0.5) is 0 Å². The van der Waals surface area contributed by atoms with Crippen LogP contribution in [0.5, 0.6) is 5.75 Å². The van der Waals surface area contributed by atoms with Crippen LogP contribution >= 0.6 is 23.1 Å². The summed E-state index contributed by atoms with van der Waals surface area (Å²) in [5.41, 5.74) is 0.868. The van der Waals surface area contributed by atoms with E-state index >= 15 is 0 Å². The van der Waals surface area contributed by atoms with Crippen molar-refractivity contribution in [3.63, 3.8) is 0 Å². The molecule has 1 fully saturated rings. The van der Waals surface area contributed by atoms with Crippen molar-refractivity contribution in [2.24, 2.45) is 17.8 Å². The number of phenols is 1. The first-order chi connectivity index (χ1) is 26.6. The maximum atomic E-state index is 14.7. The summed E-state index contributed by atoms with van der Waals surface area (Å²) in [7, 11) is 1.93. The number of piperidine rings is 1. The normalized spacial score (nSPS) is 17.9. The average molecular weight is 820 g/mol. The number of hydrogen-bond donors (Lipinski definition) is 5. The minimum Gasteiger partial charge on any atom is -0.508 e. The number of esters is 1. The van der Waals surface area contributed by atoms with Gasteiger partial charge in [-0.25, -0.2) is 4.98 Å². The van der Waals surface area contributed by atoms with Gasteiger partial charge < -0.3 is 35.6 Å². The Balaban J connectivity index is 1.91. The van der Waals surface area contributed by atoms with E-state index in [2.05, 4.69) is 15.6 Å². The van der Waals surface area contributed by atoms with E-state index in [-0.39, 0.29) is 66.5 Å². The molecule has 7 atom stereocenters. The van der Waals surface area contributed by atoms with Gasteiger partial charge in [0.05, 0.1) is 24.4 Å². The lowest BCUT2D eigenvalue weighted by Gasteiger charge is -2.40. The van der Waals surface area contributed by atoms with Crippen molar-refractivity contribution in [1.82, 2.24) is 25.4 Å². The molecule has 1 aromatic heterocycles. The molecule has 1 aliphatic rings. The Morgan fingerprint density at radius 1 is 1.07 bits per heavy atom. The lowest BCUT2D eigenvalue weighted by atomic mass is 9.92. The van der Waals surface area contributed by atoms with Crippen LogP contribution in [-0.2, 0) is 30.3 Å². The van der Waals surface area contributed by atoms with Gasteiger partial charge in [0.25, 0.3) is 5.91 Å². The minimum absolute atomic E-state index is 0.0700. The molecular formula is C40H61N5O9S2. The number of benzene rings is 1. The minimum atomic E-state index is -0.994. The molecule has 0 saturated carbocycles. The van der Waals surface area contributed by atoms with E-state index in [1.165, 1.54) is 30.8 Å². The number of amides is 3. The third kappa shape index (κ3) is 14.0. The number of aliphatic hydroxyl groups excluding tert-OH is 1. The van der Waals surface area contributed by atoms with E-state index in [1.54, 1.807) is 29.3 Å². The summed E-state index contributed by atoms with van der Waals surface area (Å²) in [6.07, 6.45) is 3.02. The quantitative estimate of drug-likeness (QED) is 0.0616. The Labute approximate surface area is 339 Å². The molecule has 56 heavy (non-hydrogen) atoms. The standard InChI is InChI=1S/C40H61N5O9S2/c1-8-25(4)35(43-37(50)32-11-9-10-16-44(32)7)39(51)45(23-55-18-17-46)33(24(2)3)21-34(54-27(6)47)38-42-31(22-56-38)36(49)41-29(19-26(5)40(52)53)20-28-12-14-30(48)15-13-28/h12-15,22,24-26,29,32-35,46,48H,8-11,16-21,23H2,1-7H3,(H,41,49)(H,43,50)(H,52,53)/t25?,26-,29+,32+,33+,34+,35-/m0/s1. The number of phenolic OH excluding ortho intramolecular Hbond substituents is 1. The number of carbonyl (C=O) groups is 5. The Kier molecular flexibility index (Phi) is 19.1. The lowest BCUT2D eigenvalue weighted by Crippen LogP contribution is -2.58. The first kappa shape index (κ1) is 46.7. The average Bonchev–Trinajstić information content (AvgIpc) is 3.65. The number of aromatic nitrogens is 1. The van der Waals surface area contributed by atoms with Gasteiger partial charge in [-0.05, 0) is 68.8 Å². The maximum absolute atomic E-state index is 14.7. The fraction of sp³-hybridized carbons (Fsp3) is 0.650. The van der Waals surface area contributed by atoms with Gasteiger partial charge in [-0.15, -0.1) is 23.1 Å². The monoisotopic (exact) mass is 819 g/mol. The van der Waals surface area contributed by atoms with E-state index in [4.69, 9.17) is 4.74 Å². The molecule has 0 aliphatic carbocycles. The van der Waals surface area contributed by atoms with Crippen molar-refractivity contribution < 1.29 is 44.0 Å². The number of hydrogen-bond acceptors (Lipinski definition) is 12. The third-order valence-electron chi connectivity index (χ3n) is 10.4. The summed E-state index contributed by atoms with van der Waals surface area (Å²) < 4.78 is 5.83. The second kappa shape index (κ2) is 22.9. The van der Waals surface area contributed by atoms with Crippen LogP contribution in [0.25, 0.3) is 0 Å². The zero-order valence-corrected chi connectivity index (χ0v) is 35.4.